The lowest BCUT2D eigenvalue weighted by Gasteiger charge is -2.64. The molecule has 11 atom stereocenters. The molecule has 4 fully saturated rings. The molecular weight excluding hydrogens is 348 g/mol. The summed E-state index contributed by atoms with van der Waals surface area (Å²) in [7, 11) is 0. The first-order valence-electron chi connectivity index (χ1n) is 12.2. The topological polar surface area (TPSA) is 60.7 Å². The van der Waals surface area contributed by atoms with E-state index in [4.69, 9.17) is 0 Å². The summed E-state index contributed by atoms with van der Waals surface area (Å²) in [5.74, 6) is 3.78. The van der Waals surface area contributed by atoms with Gasteiger partial charge in [-0.15, -0.1) is 0 Å². The molecule has 0 bridgehead atoms. The van der Waals surface area contributed by atoms with Crippen LogP contribution in [0.5, 0.6) is 0 Å². The second kappa shape index (κ2) is 7.54. The fourth-order valence-electron chi connectivity index (χ4n) is 9.34. The Morgan fingerprint density at radius 1 is 0.929 bits per heavy atom. The van der Waals surface area contributed by atoms with E-state index in [-0.39, 0.29) is 12.2 Å². The number of fused-ring (bicyclic) bond motifs is 5. The molecule has 0 spiro atoms. The van der Waals surface area contributed by atoms with E-state index in [1.54, 1.807) is 0 Å². The SMILES string of the molecule is CC[C@H]1C(O)C2C3CC[C@H]([C@H](C)CCO)[C@@]3(C)CCC2[C@@]2(C)CC[C@H](O)C[C@@H]12. The minimum Gasteiger partial charge on any atom is -0.396 e. The molecule has 4 aliphatic carbocycles. The Kier molecular flexibility index (Phi) is 5.69. The predicted molar refractivity (Wildman–Crippen MR) is 113 cm³/mol. The van der Waals surface area contributed by atoms with Gasteiger partial charge < -0.3 is 15.3 Å². The number of rotatable bonds is 4. The zero-order valence-corrected chi connectivity index (χ0v) is 18.6. The molecule has 28 heavy (non-hydrogen) atoms. The fourth-order valence-corrected chi connectivity index (χ4v) is 9.34. The highest BCUT2D eigenvalue weighted by Gasteiger charge is 2.64. The molecule has 0 aromatic rings. The zero-order valence-electron chi connectivity index (χ0n) is 18.6. The molecule has 3 N–H and O–H groups in total. The van der Waals surface area contributed by atoms with Crippen LogP contribution in [0, 0.1) is 52.3 Å². The van der Waals surface area contributed by atoms with Crippen molar-refractivity contribution < 1.29 is 15.3 Å². The van der Waals surface area contributed by atoms with E-state index in [1.165, 1.54) is 25.7 Å². The van der Waals surface area contributed by atoms with Gasteiger partial charge in [-0.2, -0.15) is 0 Å². The van der Waals surface area contributed by atoms with E-state index in [0.29, 0.717) is 58.9 Å². The maximum Gasteiger partial charge on any atom is 0.0605 e. The molecule has 0 saturated heterocycles. The lowest BCUT2D eigenvalue weighted by Crippen LogP contribution is -2.62. The zero-order chi connectivity index (χ0) is 20.3. The van der Waals surface area contributed by atoms with Gasteiger partial charge in [0, 0.05) is 6.61 Å². The summed E-state index contributed by atoms with van der Waals surface area (Å²) in [6.45, 7) is 9.92. The van der Waals surface area contributed by atoms with Crippen LogP contribution in [0.4, 0.5) is 0 Å². The highest BCUT2D eigenvalue weighted by atomic mass is 16.3. The van der Waals surface area contributed by atoms with Crippen LogP contribution in [0.15, 0.2) is 0 Å². The first-order valence-corrected chi connectivity index (χ1v) is 12.2. The summed E-state index contributed by atoms with van der Waals surface area (Å²) in [5.41, 5.74) is 0.617. The predicted octanol–water partition coefficient (Wildman–Crippen LogP) is 4.63. The lowest BCUT2D eigenvalue weighted by molar-refractivity contribution is -0.203. The number of hydrogen-bond acceptors (Lipinski definition) is 3. The average molecular weight is 393 g/mol. The number of aliphatic hydroxyl groups excluding tert-OH is 3. The molecule has 4 rings (SSSR count). The number of aliphatic hydroxyl groups is 3. The molecule has 0 amide bonds. The second-order valence-corrected chi connectivity index (χ2v) is 11.6. The first kappa shape index (κ1) is 21.1. The Balaban J connectivity index is 1.67. The van der Waals surface area contributed by atoms with E-state index in [9.17, 15) is 15.3 Å². The maximum atomic E-state index is 11.7. The van der Waals surface area contributed by atoms with Gasteiger partial charge >= 0.3 is 0 Å². The summed E-state index contributed by atoms with van der Waals surface area (Å²) in [6.07, 6.45) is 9.62. The van der Waals surface area contributed by atoms with Gasteiger partial charge in [0.2, 0.25) is 0 Å². The van der Waals surface area contributed by atoms with Crippen LogP contribution in [-0.2, 0) is 0 Å². The number of hydrogen-bond donors (Lipinski definition) is 3. The van der Waals surface area contributed by atoms with Gasteiger partial charge in [-0.25, -0.2) is 0 Å². The summed E-state index contributed by atoms with van der Waals surface area (Å²) in [4.78, 5) is 0. The van der Waals surface area contributed by atoms with Crippen molar-refractivity contribution in [1.82, 2.24) is 0 Å². The molecule has 3 nitrogen and oxygen atoms in total. The van der Waals surface area contributed by atoms with Crippen molar-refractivity contribution in [2.24, 2.45) is 52.3 Å². The van der Waals surface area contributed by atoms with Crippen LogP contribution in [0.3, 0.4) is 0 Å². The van der Waals surface area contributed by atoms with Gasteiger partial charge in [0.15, 0.2) is 0 Å². The van der Waals surface area contributed by atoms with Gasteiger partial charge in [0.1, 0.15) is 0 Å². The average Bonchev–Trinajstić information content (AvgIpc) is 3.01. The van der Waals surface area contributed by atoms with Crippen molar-refractivity contribution in [3.8, 4) is 0 Å². The van der Waals surface area contributed by atoms with E-state index in [1.807, 2.05) is 0 Å². The van der Waals surface area contributed by atoms with Gasteiger partial charge in [-0.1, -0.05) is 34.1 Å². The molecule has 0 aromatic carbocycles. The van der Waals surface area contributed by atoms with Crippen LogP contribution in [-0.4, -0.2) is 34.1 Å². The quantitative estimate of drug-likeness (QED) is 0.653. The van der Waals surface area contributed by atoms with Crippen molar-refractivity contribution in [1.29, 1.82) is 0 Å². The molecule has 0 aliphatic heterocycles. The normalized spacial score (nSPS) is 54.5. The molecule has 4 aliphatic rings. The molecule has 0 radical (unpaired) electrons. The van der Waals surface area contributed by atoms with Crippen molar-refractivity contribution >= 4 is 0 Å². The molecule has 4 unspecified atom stereocenters. The summed E-state index contributed by atoms with van der Waals surface area (Å²) in [5, 5.41) is 31.6. The van der Waals surface area contributed by atoms with E-state index < -0.39 is 0 Å². The molecule has 0 heterocycles. The first-order chi connectivity index (χ1) is 13.3. The van der Waals surface area contributed by atoms with E-state index >= 15 is 0 Å². The van der Waals surface area contributed by atoms with Gasteiger partial charge in [0.25, 0.3) is 0 Å². The summed E-state index contributed by atoms with van der Waals surface area (Å²) >= 11 is 0. The Labute approximate surface area is 172 Å². The molecule has 4 saturated carbocycles. The Morgan fingerprint density at radius 3 is 2.29 bits per heavy atom. The summed E-state index contributed by atoms with van der Waals surface area (Å²) in [6, 6.07) is 0. The summed E-state index contributed by atoms with van der Waals surface area (Å²) < 4.78 is 0. The van der Waals surface area contributed by atoms with Crippen LogP contribution in [0.25, 0.3) is 0 Å². The smallest absolute Gasteiger partial charge is 0.0605 e. The van der Waals surface area contributed by atoms with Crippen molar-refractivity contribution in [3.63, 3.8) is 0 Å². The van der Waals surface area contributed by atoms with Crippen LogP contribution < -0.4 is 0 Å². The van der Waals surface area contributed by atoms with Crippen LogP contribution in [0.1, 0.15) is 85.5 Å². The van der Waals surface area contributed by atoms with E-state index in [2.05, 4.69) is 27.7 Å². The molecule has 162 valence electrons. The van der Waals surface area contributed by atoms with Crippen LogP contribution >= 0.6 is 0 Å². The van der Waals surface area contributed by atoms with Gasteiger partial charge in [0.05, 0.1) is 12.2 Å². The third kappa shape index (κ3) is 2.94. The monoisotopic (exact) mass is 392 g/mol. The lowest BCUT2D eigenvalue weighted by atomic mass is 9.41. The molecule has 3 heteroatoms. The molecule has 0 aromatic heterocycles. The third-order valence-electron chi connectivity index (χ3n) is 10.7. The standard InChI is InChI=1S/C25H44O3/c1-5-17-21-14-16(27)8-11-25(21,4)20-9-12-24(3)18(15(2)10-13-26)6-7-19(24)22(20)23(17)28/h15-23,26-28H,5-14H2,1-4H3/t15-,16+,17-,18-,19?,20?,21+,22?,23?,24-,25-/m1/s1. The Bertz CT molecular complexity index is 564. The fraction of sp³-hybridized carbons (Fsp3) is 1.00. The minimum absolute atomic E-state index is 0.167. The Morgan fingerprint density at radius 2 is 1.61 bits per heavy atom. The Hall–Kier alpha value is -0.120. The largest absolute Gasteiger partial charge is 0.396 e. The third-order valence-corrected chi connectivity index (χ3v) is 10.7. The maximum absolute atomic E-state index is 11.7. The second-order valence-electron chi connectivity index (χ2n) is 11.6. The molecular formula is C25H44O3. The highest BCUT2D eigenvalue weighted by molar-refractivity contribution is 5.13. The minimum atomic E-state index is -0.199. The van der Waals surface area contributed by atoms with Gasteiger partial charge in [-0.05, 0) is 104 Å². The van der Waals surface area contributed by atoms with Crippen molar-refractivity contribution in [3.05, 3.63) is 0 Å². The van der Waals surface area contributed by atoms with E-state index in [0.717, 1.165) is 32.1 Å². The van der Waals surface area contributed by atoms with Crippen LogP contribution in [0.2, 0.25) is 0 Å². The van der Waals surface area contributed by atoms with Crippen molar-refractivity contribution in [2.45, 2.75) is 97.7 Å². The van der Waals surface area contributed by atoms with Crippen molar-refractivity contribution in [2.75, 3.05) is 6.61 Å². The highest BCUT2D eigenvalue weighted by Crippen LogP contribution is 2.69. The van der Waals surface area contributed by atoms with Gasteiger partial charge in [-0.3, -0.25) is 0 Å².